The molecule has 0 bridgehead atoms. The lowest BCUT2D eigenvalue weighted by molar-refractivity contribution is 0.277. The van der Waals surface area contributed by atoms with Crippen molar-refractivity contribution in [3.63, 3.8) is 0 Å². The summed E-state index contributed by atoms with van der Waals surface area (Å²) in [6, 6.07) is 15.8. The zero-order chi connectivity index (χ0) is 17.6. The molecule has 4 nitrogen and oxygen atoms in total. The Morgan fingerprint density at radius 1 is 1.08 bits per heavy atom. The van der Waals surface area contributed by atoms with E-state index in [1.165, 1.54) is 5.56 Å². The van der Waals surface area contributed by atoms with E-state index in [4.69, 9.17) is 16.3 Å². The highest BCUT2D eigenvalue weighted by atomic mass is 35.5. The second kappa shape index (κ2) is 8.43. The van der Waals surface area contributed by atoms with Crippen LogP contribution in [0.25, 0.3) is 0 Å². The van der Waals surface area contributed by atoms with Gasteiger partial charge in [-0.3, -0.25) is 0 Å². The zero-order valence-corrected chi connectivity index (χ0v) is 15.4. The largest absolute Gasteiger partial charge is 0.497 e. The van der Waals surface area contributed by atoms with Gasteiger partial charge in [0.15, 0.2) is 5.16 Å². The van der Waals surface area contributed by atoms with Gasteiger partial charge in [0.2, 0.25) is 0 Å². The number of imidazole rings is 1. The number of rotatable bonds is 7. The molecule has 0 aliphatic heterocycles. The summed E-state index contributed by atoms with van der Waals surface area (Å²) in [4.78, 5) is 4.52. The third-order valence-electron chi connectivity index (χ3n) is 3.74. The van der Waals surface area contributed by atoms with E-state index in [-0.39, 0.29) is 6.61 Å². The van der Waals surface area contributed by atoms with Crippen LogP contribution in [0.4, 0.5) is 0 Å². The predicted molar refractivity (Wildman–Crippen MR) is 101 cm³/mol. The Balaban J connectivity index is 1.74. The van der Waals surface area contributed by atoms with Crippen LogP contribution in [-0.2, 0) is 18.9 Å². The van der Waals surface area contributed by atoms with Crippen LogP contribution in [0, 0.1) is 0 Å². The number of aliphatic hydroxyl groups is 1. The summed E-state index contributed by atoms with van der Waals surface area (Å²) in [5, 5.41) is 11.0. The predicted octanol–water partition coefficient (Wildman–Crippen LogP) is 4.38. The molecule has 6 heteroatoms. The van der Waals surface area contributed by atoms with Crippen molar-refractivity contribution < 1.29 is 9.84 Å². The maximum Gasteiger partial charge on any atom is 0.168 e. The molecule has 0 aliphatic carbocycles. The molecule has 25 heavy (non-hydrogen) atoms. The zero-order valence-electron chi connectivity index (χ0n) is 13.9. The van der Waals surface area contributed by atoms with Gasteiger partial charge in [0.25, 0.3) is 0 Å². The Hall–Kier alpha value is -1.95. The van der Waals surface area contributed by atoms with Gasteiger partial charge < -0.3 is 14.4 Å². The Bertz CT molecular complexity index is 816. The van der Waals surface area contributed by atoms with Crippen LogP contribution < -0.4 is 4.74 Å². The second-order valence-corrected chi connectivity index (χ2v) is 6.94. The molecule has 0 fully saturated rings. The molecule has 1 aromatic heterocycles. The summed E-state index contributed by atoms with van der Waals surface area (Å²) in [5.41, 5.74) is 3.00. The van der Waals surface area contributed by atoms with Gasteiger partial charge in [0, 0.05) is 23.5 Å². The minimum Gasteiger partial charge on any atom is -0.497 e. The van der Waals surface area contributed by atoms with Crippen LogP contribution in [0.2, 0.25) is 5.02 Å². The van der Waals surface area contributed by atoms with E-state index in [0.29, 0.717) is 12.2 Å². The number of halogens is 1. The first kappa shape index (κ1) is 17.9. The average molecular weight is 375 g/mol. The number of ether oxygens (including phenoxy) is 1. The van der Waals surface area contributed by atoms with Crippen molar-refractivity contribution in [2.24, 2.45) is 0 Å². The standard InChI is InChI=1S/C19H19ClN2O2S/c1-24-18-8-4-14(5-9-18)10-22-11-17(12-23)21-19(22)25-13-15-2-6-16(20)7-3-15/h2-9,11,23H,10,12-13H2,1H3. The molecule has 0 radical (unpaired) electrons. The first-order valence-electron chi connectivity index (χ1n) is 7.85. The fourth-order valence-corrected chi connectivity index (χ4v) is 3.49. The van der Waals surface area contributed by atoms with Gasteiger partial charge in [0.1, 0.15) is 5.75 Å². The Morgan fingerprint density at radius 3 is 2.40 bits per heavy atom. The topological polar surface area (TPSA) is 47.3 Å². The van der Waals surface area contributed by atoms with E-state index in [0.717, 1.165) is 27.2 Å². The summed E-state index contributed by atoms with van der Waals surface area (Å²) < 4.78 is 7.26. The monoisotopic (exact) mass is 374 g/mol. The van der Waals surface area contributed by atoms with Gasteiger partial charge in [-0.1, -0.05) is 47.6 Å². The van der Waals surface area contributed by atoms with Crippen molar-refractivity contribution >= 4 is 23.4 Å². The maximum absolute atomic E-state index is 9.41. The van der Waals surface area contributed by atoms with E-state index < -0.39 is 0 Å². The molecule has 0 spiro atoms. The number of benzene rings is 2. The van der Waals surface area contributed by atoms with Crippen LogP contribution in [-0.4, -0.2) is 21.8 Å². The summed E-state index contributed by atoms with van der Waals surface area (Å²) in [6.07, 6.45) is 1.90. The highest BCUT2D eigenvalue weighted by molar-refractivity contribution is 7.98. The van der Waals surface area contributed by atoms with Crippen LogP contribution in [0.15, 0.2) is 59.9 Å². The number of nitrogens with zero attached hydrogens (tertiary/aromatic N) is 2. The van der Waals surface area contributed by atoms with E-state index in [1.807, 2.05) is 54.7 Å². The molecular weight excluding hydrogens is 356 g/mol. The molecule has 0 aliphatic rings. The van der Waals surface area contributed by atoms with Crippen LogP contribution in [0.1, 0.15) is 16.8 Å². The SMILES string of the molecule is COc1ccc(Cn2cc(CO)nc2SCc2ccc(Cl)cc2)cc1. The highest BCUT2D eigenvalue weighted by Gasteiger charge is 2.09. The summed E-state index contributed by atoms with van der Waals surface area (Å²) in [6.45, 7) is 0.629. The minimum atomic E-state index is -0.0654. The quantitative estimate of drug-likeness (QED) is 0.623. The number of methoxy groups -OCH3 is 1. The van der Waals surface area contributed by atoms with E-state index in [1.54, 1.807) is 18.9 Å². The number of hydrogen-bond acceptors (Lipinski definition) is 4. The molecule has 3 rings (SSSR count). The number of aromatic nitrogens is 2. The molecular formula is C19H19ClN2O2S. The lowest BCUT2D eigenvalue weighted by atomic mass is 10.2. The molecule has 0 saturated carbocycles. The molecule has 1 heterocycles. The van der Waals surface area contributed by atoms with Gasteiger partial charge in [-0.15, -0.1) is 0 Å². The van der Waals surface area contributed by atoms with Gasteiger partial charge in [0.05, 0.1) is 19.4 Å². The van der Waals surface area contributed by atoms with Crippen molar-refractivity contribution in [3.8, 4) is 5.75 Å². The van der Waals surface area contributed by atoms with Crippen molar-refractivity contribution in [3.05, 3.63) is 76.6 Å². The van der Waals surface area contributed by atoms with Gasteiger partial charge in [-0.2, -0.15) is 0 Å². The Kier molecular flexibility index (Phi) is 6.02. The normalized spacial score (nSPS) is 10.8. The minimum absolute atomic E-state index is 0.0654. The average Bonchev–Trinajstić information content (AvgIpc) is 3.04. The third-order valence-corrected chi connectivity index (χ3v) is 5.06. The molecule has 0 unspecified atom stereocenters. The fraction of sp³-hybridized carbons (Fsp3) is 0.211. The van der Waals surface area contributed by atoms with Gasteiger partial charge >= 0.3 is 0 Å². The molecule has 130 valence electrons. The molecule has 0 amide bonds. The third kappa shape index (κ3) is 4.78. The fourth-order valence-electron chi connectivity index (χ4n) is 2.41. The van der Waals surface area contributed by atoms with Crippen molar-refractivity contribution in [1.29, 1.82) is 0 Å². The van der Waals surface area contributed by atoms with Crippen LogP contribution in [0.3, 0.4) is 0 Å². The lowest BCUT2D eigenvalue weighted by Gasteiger charge is -2.08. The molecule has 3 aromatic rings. The number of aliphatic hydroxyl groups excluding tert-OH is 1. The molecule has 2 aromatic carbocycles. The van der Waals surface area contributed by atoms with E-state index >= 15 is 0 Å². The molecule has 0 atom stereocenters. The Morgan fingerprint density at radius 2 is 1.76 bits per heavy atom. The number of thioether (sulfide) groups is 1. The molecule has 1 N–H and O–H groups in total. The van der Waals surface area contributed by atoms with E-state index in [9.17, 15) is 5.11 Å². The van der Waals surface area contributed by atoms with Crippen LogP contribution >= 0.6 is 23.4 Å². The summed E-state index contributed by atoms with van der Waals surface area (Å²) >= 11 is 7.57. The van der Waals surface area contributed by atoms with Gasteiger partial charge in [-0.25, -0.2) is 4.98 Å². The number of hydrogen-bond donors (Lipinski definition) is 1. The smallest absolute Gasteiger partial charge is 0.168 e. The van der Waals surface area contributed by atoms with Crippen LogP contribution in [0.5, 0.6) is 5.75 Å². The van der Waals surface area contributed by atoms with Gasteiger partial charge in [-0.05, 0) is 35.4 Å². The second-order valence-electron chi connectivity index (χ2n) is 5.56. The first-order chi connectivity index (χ1) is 12.2. The lowest BCUT2D eigenvalue weighted by Crippen LogP contribution is -2.00. The summed E-state index contributed by atoms with van der Waals surface area (Å²) in [5.74, 6) is 1.63. The molecule has 0 saturated heterocycles. The first-order valence-corrected chi connectivity index (χ1v) is 9.21. The highest BCUT2D eigenvalue weighted by Crippen LogP contribution is 2.24. The summed E-state index contributed by atoms with van der Waals surface area (Å²) in [7, 11) is 1.66. The van der Waals surface area contributed by atoms with Crippen molar-refractivity contribution in [2.75, 3.05) is 7.11 Å². The van der Waals surface area contributed by atoms with Crippen molar-refractivity contribution in [1.82, 2.24) is 9.55 Å². The van der Waals surface area contributed by atoms with Crippen molar-refractivity contribution in [2.45, 2.75) is 24.1 Å². The Labute approximate surface area is 156 Å². The van der Waals surface area contributed by atoms with E-state index in [2.05, 4.69) is 9.55 Å². The maximum atomic E-state index is 9.41.